The quantitative estimate of drug-likeness (QED) is 0.301. The molecule has 1 saturated carbocycles. The van der Waals surface area contributed by atoms with Gasteiger partial charge in [-0.1, -0.05) is 6.92 Å². The Hall–Kier alpha value is -1.38. The highest BCUT2D eigenvalue weighted by Crippen LogP contribution is 2.47. The molecule has 0 aromatic rings. The van der Waals surface area contributed by atoms with Gasteiger partial charge < -0.3 is 31.1 Å². The third-order valence-electron chi connectivity index (χ3n) is 4.50. The monoisotopic (exact) mass is 271 g/mol. The molecule has 106 valence electrons. The van der Waals surface area contributed by atoms with E-state index in [1.807, 2.05) is 6.92 Å². The molecule has 8 nitrogen and oxygen atoms in total. The lowest BCUT2D eigenvalue weighted by Gasteiger charge is -2.58. The third-order valence-corrected chi connectivity index (χ3v) is 4.50. The van der Waals surface area contributed by atoms with Gasteiger partial charge >= 0.3 is 5.97 Å². The summed E-state index contributed by atoms with van der Waals surface area (Å²) >= 11 is 0. The molecule has 2 aliphatic heterocycles. The van der Waals surface area contributed by atoms with Gasteiger partial charge in [-0.25, -0.2) is 9.79 Å². The largest absolute Gasteiger partial charge is 0.457 e. The van der Waals surface area contributed by atoms with Crippen LogP contribution in [0.2, 0.25) is 0 Å². The number of carbonyl (C=O) groups is 1. The van der Waals surface area contributed by atoms with Crippen molar-refractivity contribution in [2.45, 2.75) is 43.4 Å². The van der Waals surface area contributed by atoms with Crippen LogP contribution in [0.3, 0.4) is 0 Å². The maximum absolute atomic E-state index is 11.8. The van der Waals surface area contributed by atoms with Crippen LogP contribution >= 0.6 is 0 Å². The highest BCUT2D eigenvalue weighted by Gasteiger charge is 2.67. The Morgan fingerprint density at radius 2 is 2.16 bits per heavy atom. The molecule has 3 rings (SSSR count). The van der Waals surface area contributed by atoms with Crippen molar-refractivity contribution in [1.82, 2.24) is 5.32 Å². The predicted octanol–water partition coefficient (Wildman–Crippen LogP) is -2.74. The smallest absolute Gasteiger partial charge is 0.337 e. The lowest BCUT2D eigenvalue weighted by Crippen LogP contribution is -2.81. The molecule has 0 aromatic carbocycles. The molecule has 5 unspecified atom stereocenters. The van der Waals surface area contributed by atoms with E-state index in [4.69, 9.17) is 10.5 Å². The third kappa shape index (κ3) is 1.44. The summed E-state index contributed by atoms with van der Waals surface area (Å²) in [6.45, 7) is 1.82. The van der Waals surface area contributed by atoms with Crippen LogP contribution in [0.25, 0.3) is 0 Å². The van der Waals surface area contributed by atoms with Gasteiger partial charge in [0.05, 0.1) is 0 Å². The molecule has 1 aliphatic carbocycles. The number of hydrogen-bond acceptors (Lipinski definition) is 8. The highest BCUT2D eigenvalue weighted by molar-refractivity contribution is 5.84. The zero-order valence-corrected chi connectivity index (χ0v) is 10.4. The zero-order chi connectivity index (χ0) is 13.9. The van der Waals surface area contributed by atoms with E-state index in [1.54, 1.807) is 0 Å². The SMILES string of the molecule is CC1CC2[C@@H](O)N=C(N)NC23C(O)C1OC(=O)[C@@H]3O. The number of rotatable bonds is 0. The minimum atomic E-state index is -1.60. The fraction of sp³-hybridized carbons (Fsp3) is 0.818. The molecule has 19 heavy (non-hydrogen) atoms. The first-order chi connectivity index (χ1) is 8.87. The molecule has 0 radical (unpaired) electrons. The lowest BCUT2D eigenvalue weighted by atomic mass is 9.61. The Balaban J connectivity index is 2.13. The summed E-state index contributed by atoms with van der Waals surface area (Å²) in [5.74, 6) is -1.68. The van der Waals surface area contributed by atoms with Gasteiger partial charge in [0, 0.05) is 5.92 Å². The van der Waals surface area contributed by atoms with Crippen molar-refractivity contribution >= 4 is 11.9 Å². The topological polar surface area (TPSA) is 137 Å². The average Bonchev–Trinajstić information content (AvgIpc) is 2.33. The number of aliphatic hydroxyl groups is 3. The second-order valence-corrected chi connectivity index (χ2v) is 5.55. The van der Waals surface area contributed by atoms with Crippen molar-refractivity contribution in [3.8, 4) is 0 Å². The van der Waals surface area contributed by atoms with Gasteiger partial charge in [0.25, 0.3) is 0 Å². The number of fused-ring (bicyclic) bond motifs is 1. The Labute approximate surface area is 109 Å². The van der Waals surface area contributed by atoms with E-state index in [0.29, 0.717) is 6.42 Å². The van der Waals surface area contributed by atoms with Crippen molar-refractivity contribution in [1.29, 1.82) is 0 Å². The lowest BCUT2D eigenvalue weighted by molar-refractivity contribution is -0.235. The van der Waals surface area contributed by atoms with Gasteiger partial charge in [-0.15, -0.1) is 0 Å². The fourth-order valence-electron chi connectivity index (χ4n) is 3.56. The van der Waals surface area contributed by atoms with E-state index in [-0.39, 0.29) is 11.9 Å². The summed E-state index contributed by atoms with van der Waals surface area (Å²) in [7, 11) is 0. The molecule has 2 bridgehead atoms. The van der Waals surface area contributed by atoms with E-state index in [1.165, 1.54) is 0 Å². The highest BCUT2D eigenvalue weighted by atomic mass is 16.6. The minimum absolute atomic E-state index is 0.107. The minimum Gasteiger partial charge on any atom is -0.457 e. The number of guanidine groups is 1. The molecule has 0 aromatic heterocycles. The molecule has 2 fully saturated rings. The van der Waals surface area contributed by atoms with Crippen molar-refractivity contribution in [2.24, 2.45) is 22.6 Å². The molecule has 1 spiro atoms. The Morgan fingerprint density at radius 3 is 2.84 bits per heavy atom. The van der Waals surface area contributed by atoms with Crippen LogP contribution in [0, 0.1) is 11.8 Å². The molecular weight excluding hydrogens is 254 g/mol. The molecule has 7 atom stereocenters. The molecule has 1 saturated heterocycles. The summed E-state index contributed by atoms with van der Waals surface area (Å²) in [4.78, 5) is 15.6. The summed E-state index contributed by atoms with van der Waals surface area (Å²) < 4.78 is 5.07. The maximum Gasteiger partial charge on any atom is 0.337 e. The molecule has 8 heteroatoms. The van der Waals surface area contributed by atoms with Gasteiger partial charge in [-0.3, -0.25) is 0 Å². The second kappa shape index (κ2) is 3.81. The van der Waals surface area contributed by atoms with E-state index in [0.717, 1.165) is 0 Å². The summed E-state index contributed by atoms with van der Waals surface area (Å²) in [5.41, 5.74) is 4.14. The average molecular weight is 271 g/mol. The molecule has 2 heterocycles. The normalized spacial score (nSPS) is 52.6. The van der Waals surface area contributed by atoms with Crippen LogP contribution in [0.4, 0.5) is 0 Å². The van der Waals surface area contributed by atoms with Crippen molar-refractivity contribution in [3.63, 3.8) is 0 Å². The fourth-order valence-corrected chi connectivity index (χ4v) is 3.56. The molecular formula is C11H17N3O5. The van der Waals surface area contributed by atoms with Crippen molar-refractivity contribution in [2.75, 3.05) is 0 Å². The first-order valence-electron chi connectivity index (χ1n) is 6.24. The van der Waals surface area contributed by atoms with Crippen LogP contribution in [0.15, 0.2) is 4.99 Å². The van der Waals surface area contributed by atoms with E-state index in [2.05, 4.69) is 10.3 Å². The summed E-state index contributed by atoms with van der Waals surface area (Å²) in [5, 5.41) is 33.3. The summed E-state index contributed by atoms with van der Waals surface area (Å²) in [6.07, 6.45) is -4.19. The molecule has 3 aliphatic rings. The number of nitrogens with zero attached hydrogens (tertiary/aromatic N) is 1. The number of ether oxygens (including phenoxy) is 1. The van der Waals surface area contributed by atoms with Gasteiger partial charge in [-0.05, 0) is 12.3 Å². The van der Waals surface area contributed by atoms with Crippen molar-refractivity contribution < 1.29 is 24.9 Å². The van der Waals surface area contributed by atoms with E-state index >= 15 is 0 Å². The first kappa shape index (κ1) is 12.6. The summed E-state index contributed by atoms with van der Waals surface area (Å²) in [6, 6.07) is 0. The second-order valence-electron chi connectivity index (χ2n) is 5.55. The van der Waals surface area contributed by atoms with E-state index < -0.39 is 42.0 Å². The number of carbonyl (C=O) groups excluding carboxylic acids is 1. The van der Waals surface area contributed by atoms with Gasteiger partial charge in [0.2, 0.25) is 0 Å². The Bertz CT molecular complexity index is 456. The first-order valence-corrected chi connectivity index (χ1v) is 6.24. The predicted molar refractivity (Wildman–Crippen MR) is 62.7 cm³/mol. The van der Waals surface area contributed by atoms with Gasteiger partial charge in [-0.2, -0.15) is 0 Å². The van der Waals surface area contributed by atoms with Crippen LogP contribution in [0.1, 0.15) is 13.3 Å². The van der Waals surface area contributed by atoms with E-state index in [9.17, 15) is 20.1 Å². The Kier molecular flexibility index (Phi) is 2.54. The number of esters is 1. The van der Waals surface area contributed by atoms with Crippen molar-refractivity contribution in [3.05, 3.63) is 0 Å². The number of aliphatic imine (C=N–C) groups is 1. The Morgan fingerprint density at radius 1 is 1.47 bits per heavy atom. The van der Waals surface area contributed by atoms with Gasteiger partial charge in [0.1, 0.15) is 17.7 Å². The molecule has 6 N–H and O–H groups in total. The van der Waals surface area contributed by atoms with Crippen LogP contribution in [-0.4, -0.2) is 57.3 Å². The van der Waals surface area contributed by atoms with Crippen LogP contribution in [0.5, 0.6) is 0 Å². The number of nitrogens with two attached hydrogens (primary N) is 1. The number of hydrogen-bond donors (Lipinski definition) is 5. The maximum atomic E-state index is 11.8. The number of nitrogens with one attached hydrogen (secondary N) is 1. The van der Waals surface area contributed by atoms with Gasteiger partial charge in [0.15, 0.2) is 18.3 Å². The van der Waals surface area contributed by atoms with Crippen LogP contribution < -0.4 is 11.1 Å². The molecule has 0 amide bonds. The number of aliphatic hydroxyl groups excluding tert-OH is 3. The standard InChI is InChI=1S/C11H17N3O5/c1-3-2-4-8(17)13-10(12)14-11(4)6(15)5(3)19-9(18)7(11)16/h3-8,15-17H,2H2,1H3,(H3,12,13,14)/t3?,4?,5?,6?,7-,8+,11?/m0/s1. The zero-order valence-electron chi connectivity index (χ0n) is 10.4. The van der Waals surface area contributed by atoms with Crippen LogP contribution in [-0.2, 0) is 9.53 Å².